The molecule has 3 fully saturated rings. The van der Waals surface area contributed by atoms with Gasteiger partial charge in [-0.25, -0.2) is 0 Å². The van der Waals surface area contributed by atoms with E-state index in [-0.39, 0.29) is 42.1 Å². The van der Waals surface area contributed by atoms with Gasteiger partial charge in [-0.3, -0.25) is 4.79 Å². The third-order valence-corrected chi connectivity index (χ3v) is 12.1. The fourth-order valence-electron chi connectivity index (χ4n) is 9.20. The summed E-state index contributed by atoms with van der Waals surface area (Å²) in [6, 6.07) is 0. The average molecular weight is 791 g/mol. The van der Waals surface area contributed by atoms with Crippen molar-refractivity contribution in [3.8, 4) is 0 Å². The molecule has 3 aliphatic carbocycles. The van der Waals surface area contributed by atoms with Gasteiger partial charge in [-0.1, -0.05) is 33.3 Å². The highest BCUT2D eigenvalue weighted by molar-refractivity contribution is 5.69. The molecular formula is C38H62O17. The standard InChI is InChI=1S/C38H62O17/c1-21-20-37-14-6-13-36(3,12-5-4-7-28(46)53-33(50)26(45)19-23(42)9-16-39)27(37)8-15-38(21,22(37)2)55-35(52)31(49)32(25(44)11-18-41)54-34(51)30(48)29(47)24(43)10-17-40/h19,22-25,27,33-35,39-45,47-52H,1,4-18,20H2,2-3H3/b26-19+,30-29-,32-31+/t22-,23?,24?,25?,27+,33?,34?,35?,36-,37-,38-/m1/s1. The molecule has 0 aromatic heterocycles. The number of fused-ring (bicyclic) bond motifs is 1. The predicted molar refractivity (Wildman–Crippen MR) is 193 cm³/mol. The molecular weight excluding hydrogens is 728 g/mol. The number of ether oxygens (including phenoxy) is 3. The quantitative estimate of drug-likeness (QED) is 0.0244. The molecule has 3 rings (SSSR count). The van der Waals surface area contributed by atoms with Gasteiger partial charge in [0.25, 0.3) is 12.6 Å². The molecule has 0 aromatic rings. The van der Waals surface area contributed by atoms with E-state index in [4.69, 9.17) is 24.4 Å². The Kier molecular flexibility index (Phi) is 16.8. The molecule has 55 heavy (non-hydrogen) atoms. The van der Waals surface area contributed by atoms with Crippen molar-refractivity contribution >= 4 is 5.97 Å². The average Bonchev–Trinajstić information content (AvgIpc) is 3.22. The van der Waals surface area contributed by atoms with Crippen molar-refractivity contribution in [2.75, 3.05) is 19.8 Å². The van der Waals surface area contributed by atoms with E-state index in [1.54, 1.807) is 0 Å². The van der Waals surface area contributed by atoms with E-state index in [0.717, 1.165) is 31.8 Å². The van der Waals surface area contributed by atoms with Gasteiger partial charge >= 0.3 is 5.97 Å². The van der Waals surface area contributed by atoms with Gasteiger partial charge < -0.3 is 80.6 Å². The maximum absolute atomic E-state index is 12.4. The molecule has 3 aliphatic rings. The molecule has 17 heteroatoms. The summed E-state index contributed by atoms with van der Waals surface area (Å²) in [6.07, 6.45) is -5.00. The molecule has 1 spiro atoms. The van der Waals surface area contributed by atoms with Crippen molar-refractivity contribution < 1.29 is 85.4 Å². The van der Waals surface area contributed by atoms with E-state index in [2.05, 4.69) is 13.5 Å². The first-order chi connectivity index (χ1) is 25.8. The predicted octanol–water partition coefficient (Wildman–Crippen LogP) is 1.77. The Morgan fingerprint density at radius 3 is 2.09 bits per heavy atom. The number of rotatable bonds is 22. The van der Waals surface area contributed by atoms with E-state index in [9.17, 15) is 61.0 Å². The van der Waals surface area contributed by atoms with Gasteiger partial charge in [0, 0.05) is 45.5 Å². The summed E-state index contributed by atoms with van der Waals surface area (Å²) in [4.78, 5) is 12.4. The second-order valence-corrected chi connectivity index (χ2v) is 15.5. The second kappa shape index (κ2) is 19.9. The van der Waals surface area contributed by atoms with Crippen molar-refractivity contribution in [1.29, 1.82) is 0 Å². The molecule has 2 bridgehead atoms. The summed E-state index contributed by atoms with van der Waals surface area (Å²) in [5, 5.41) is 130. The van der Waals surface area contributed by atoms with Crippen molar-refractivity contribution in [2.24, 2.45) is 22.7 Å². The number of aliphatic hydroxyl groups excluding tert-OH is 13. The summed E-state index contributed by atoms with van der Waals surface area (Å²) in [5.74, 6) is -5.78. The molecule has 0 amide bonds. The number of carbonyl (C=O) groups is 1. The van der Waals surface area contributed by atoms with Crippen LogP contribution in [-0.2, 0) is 19.0 Å². The second-order valence-electron chi connectivity index (χ2n) is 15.5. The van der Waals surface area contributed by atoms with Crippen LogP contribution in [0.1, 0.15) is 97.3 Å². The lowest BCUT2D eigenvalue weighted by molar-refractivity contribution is -0.219. The lowest BCUT2D eigenvalue weighted by atomic mass is 9.47. The Bertz CT molecular complexity index is 1400. The minimum Gasteiger partial charge on any atom is -0.506 e. The molecule has 17 nitrogen and oxygen atoms in total. The minimum absolute atomic E-state index is 0.00700. The number of hydrogen-bond acceptors (Lipinski definition) is 17. The van der Waals surface area contributed by atoms with Crippen LogP contribution in [0, 0.1) is 22.7 Å². The zero-order valence-corrected chi connectivity index (χ0v) is 31.7. The number of unbranched alkanes of at least 4 members (excludes halogenated alkanes) is 1. The first kappa shape index (κ1) is 46.4. The van der Waals surface area contributed by atoms with Crippen LogP contribution in [0.4, 0.5) is 0 Å². The van der Waals surface area contributed by atoms with Crippen molar-refractivity contribution in [1.82, 2.24) is 0 Å². The van der Waals surface area contributed by atoms with E-state index in [1.807, 2.05) is 6.92 Å². The highest BCUT2D eigenvalue weighted by atomic mass is 16.7. The number of carbonyl (C=O) groups excluding carboxylic acids is 1. The molecule has 0 aromatic carbocycles. The van der Waals surface area contributed by atoms with Crippen LogP contribution in [0.15, 0.2) is 47.0 Å². The lowest BCUT2D eigenvalue weighted by Gasteiger charge is -2.59. The molecule has 6 unspecified atom stereocenters. The van der Waals surface area contributed by atoms with E-state index in [1.165, 1.54) is 0 Å². The van der Waals surface area contributed by atoms with Crippen LogP contribution in [0.2, 0.25) is 0 Å². The normalized spacial score (nSPS) is 31.0. The number of aliphatic hydroxyl groups is 13. The summed E-state index contributed by atoms with van der Waals surface area (Å²) in [7, 11) is 0. The van der Waals surface area contributed by atoms with Crippen LogP contribution >= 0.6 is 0 Å². The van der Waals surface area contributed by atoms with Gasteiger partial charge in [-0.05, 0) is 79.3 Å². The van der Waals surface area contributed by atoms with Gasteiger partial charge in [0.1, 0.15) is 12.2 Å². The molecule has 0 radical (unpaired) electrons. The maximum Gasteiger partial charge on any atom is 0.308 e. The topological polar surface area (TPSA) is 308 Å². The molecule has 316 valence electrons. The Balaban J connectivity index is 1.73. The molecule has 13 N–H and O–H groups in total. The number of hydrogen-bond donors (Lipinski definition) is 13. The van der Waals surface area contributed by atoms with Gasteiger partial charge in [-0.2, -0.15) is 0 Å². The van der Waals surface area contributed by atoms with E-state index in [0.29, 0.717) is 37.7 Å². The zero-order chi connectivity index (χ0) is 41.3. The van der Waals surface area contributed by atoms with Gasteiger partial charge in [0.05, 0.1) is 11.7 Å². The van der Waals surface area contributed by atoms with Crippen molar-refractivity contribution in [3.05, 3.63) is 47.0 Å². The van der Waals surface area contributed by atoms with Crippen LogP contribution in [0.3, 0.4) is 0 Å². The fourth-order valence-corrected chi connectivity index (χ4v) is 9.20. The summed E-state index contributed by atoms with van der Waals surface area (Å²) < 4.78 is 16.3. The summed E-state index contributed by atoms with van der Waals surface area (Å²) in [6.45, 7) is 7.08. The summed E-state index contributed by atoms with van der Waals surface area (Å²) >= 11 is 0. The molecule has 0 heterocycles. The Morgan fingerprint density at radius 1 is 0.818 bits per heavy atom. The third kappa shape index (κ3) is 10.5. The molecule has 0 saturated heterocycles. The Labute approximate surface area is 320 Å². The fraction of sp³-hybridized carbons (Fsp3) is 0.763. The number of esters is 1. The lowest BCUT2D eigenvalue weighted by Crippen LogP contribution is -2.55. The molecule has 11 atom stereocenters. The van der Waals surface area contributed by atoms with E-state index < -0.39 is 104 Å². The first-order valence-electron chi connectivity index (χ1n) is 18.9. The van der Waals surface area contributed by atoms with Gasteiger partial charge in [0.2, 0.25) is 12.0 Å². The van der Waals surface area contributed by atoms with Gasteiger partial charge in [-0.15, -0.1) is 0 Å². The van der Waals surface area contributed by atoms with Gasteiger partial charge in [0.15, 0.2) is 23.0 Å². The smallest absolute Gasteiger partial charge is 0.308 e. The zero-order valence-electron chi connectivity index (χ0n) is 31.7. The SMILES string of the molecule is C=C1C[C@@]23CCC[C@@](C)(CCCCC(=O)OC(O)/C(O)=C\C(O)CCO)[C@@H]2CC[C@]1(OC(O)/C(O)=C(\OC(O)/C(O)=C(/O)C(O)CCO)C(O)CCO)[C@@H]3C. The van der Waals surface area contributed by atoms with Crippen molar-refractivity contribution in [3.63, 3.8) is 0 Å². The first-order valence-corrected chi connectivity index (χ1v) is 18.9. The minimum atomic E-state index is -2.45. The molecule has 0 aliphatic heterocycles. The Morgan fingerprint density at radius 2 is 1.45 bits per heavy atom. The van der Waals surface area contributed by atoms with Crippen LogP contribution in [-0.4, -0.2) is 135 Å². The third-order valence-electron chi connectivity index (χ3n) is 12.1. The van der Waals surface area contributed by atoms with Crippen LogP contribution < -0.4 is 0 Å². The van der Waals surface area contributed by atoms with E-state index >= 15 is 0 Å². The summed E-state index contributed by atoms with van der Waals surface area (Å²) in [5.41, 5.74) is -0.803. The van der Waals surface area contributed by atoms with Crippen LogP contribution in [0.25, 0.3) is 0 Å². The Hall–Kier alpha value is -2.97. The monoisotopic (exact) mass is 790 g/mol. The highest BCUT2D eigenvalue weighted by Gasteiger charge is 2.67. The molecule has 3 saturated carbocycles. The van der Waals surface area contributed by atoms with Crippen LogP contribution in [0.5, 0.6) is 0 Å². The van der Waals surface area contributed by atoms with Crippen molar-refractivity contribution in [2.45, 2.75) is 140 Å². The maximum atomic E-state index is 12.4. The largest absolute Gasteiger partial charge is 0.506 e. The highest BCUT2D eigenvalue weighted by Crippen LogP contribution is 2.71.